The molecule has 12 heteroatoms. The van der Waals surface area contributed by atoms with Crippen molar-refractivity contribution in [3.63, 3.8) is 0 Å². The van der Waals surface area contributed by atoms with Crippen molar-refractivity contribution < 1.29 is 9.59 Å². The number of pyridine rings is 1. The van der Waals surface area contributed by atoms with Crippen molar-refractivity contribution in [2.24, 2.45) is 0 Å². The molecular formula is C34H25Cl2N7O2S. The van der Waals surface area contributed by atoms with Gasteiger partial charge in [0.2, 0.25) is 0 Å². The summed E-state index contributed by atoms with van der Waals surface area (Å²) in [6, 6.07) is 26.8. The van der Waals surface area contributed by atoms with Crippen LogP contribution in [-0.2, 0) is 0 Å². The number of imidazole rings is 1. The Balaban J connectivity index is 0.000000162. The van der Waals surface area contributed by atoms with Crippen LogP contribution in [0.3, 0.4) is 0 Å². The molecule has 9 nitrogen and oxygen atoms in total. The standard InChI is InChI=1S/C18H13ClN4O.C16H12ClN3OS/c1-12-17(22-10-3-2-4-16(22)20-12)15-9-11-23(21-15)18(24)13-5-7-14(19)8-6-13;17-12-3-5-13(6-4-12)18-16(21)20-10-9-14(19-20)7-8-15-2-1-11-22-15/h2-11H,1H3;1-11H,(H,18,21). The van der Waals surface area contributed by atoms with Crippen LogP contribution >= 0.6 is 34.5 Å². The van der Waals surface area contributed by atoms with E-state index in [-0.39, 0.29) is 11.9 Å². The lowest BCUT2D eigenvalue weighted by Gasteiger charge is -2.04. The lowest BCUT2D eigenvalue weighted by atomic mass is 10.2. The average molecular weight is 667 g/mol. The number of carbonyl (C=O) groups is 2. The highest BCUT2D eigenvalue weighted by Crippen LogP contribution is 2.23. The maximum atomic E-state index is 12.5. The fourth-order valence-electron chi connectivity index (χ4n) is 4.52. The molecular weight excluding hydrogens is 641 g/mol. The predicted molar refractivity (Wildman–Crippen MR) is 184 cm³/mol. The summed E-state index contributed by atoms with van der Waals surface area (Å²) >= 11 is 13.3. The van der Waals surface area contributed by atoms with E-state index in [4.69, 9.17) is 23.2 Å². The number of halogens is 2. The Bertz CT molecular complexity index is 2150. The molecule has 1 amide bonds. The Morgan fingerprint density at radius 1 is 0.783 bits per heavy atom. The monoisotopic (exact) mass is 665 g/mol. The van der Waals surface area contributed by atoms with Gasteiger partial charge in [-0.25, -0.2) is 14.5 Å². The number of benzene rings is 2. The zero-order chi connectivity index (χ0) is 32.0. The van der Waals surface area contributed by atoms with Gasteiger partial charge in [-0.1, -0.05) is 35.3 Å². The number of amides is 1. The maximum Gasteiger partial charge on any atom is 0.346 e. The van der Waals surface area contributed by atoms with Crippen LogP contribution in [0.2, 0.25) is 10.0 Å². The first-order valence-corrected chi connectivity index (χ1v) is 15.6. The minimum Gasteiger partial charge on any atom is -0.306 e. The summed E-state index contributed by atoms with van der Waals surface area (Å²) in [6.45, 7) is 1.93. The van der Waals surface area contributed by atoms with Crippen molar-refractivity contribution in [3.05, 3.63) is 147 Å². The molecule has 0 unspecified atom stereocenters. The van der Waals surface area contributed by atoms with Crippen molar-refractivity contribution >= 4 is 70.0 Å². The Kier molecular flexibility index (Phi) is 9.20. The van der Waals surface area contributed by atoms with Gasteiger partial charge in [-0.3, -0.25) is 9.20 Å². The average Bonchev–Trinajstić information content (AvgIpc) is 3.88. The van der Waals surface area contributed by atoms with Gasteiger partial charge in [0.1, 0.15) is 11.3 Å². The van der Waals surface area contributed by atoms with Gasteiger partial charge in [-0.05, 0) is 103 Å². The molecule has 7 aromatic rings. The minimum absolute atomic E-state index is 0.204. The van der Waals surface area contributed by atoms with Crippen LogP contribution in [0.1, 0.15) is 26.6 Å². The lowest BCUT2D eigenvalue weighted by molar-refractivity contribution is 0.0945. The third-order valence-corrected chi connectivity index (χ3v) is 8.05. The number of nitrogens with one attached hydrogen (secondary N) is 1. The third kappa shape index (κ3) is 7.16. The molecule has 0 aliphatic heterocycles. The van der Waals surface area contributed by atoms with E-state index >= 15 is 0 Å². The van der Waals surface area contributed by atoms with Crippen LogP contribution in [-0.4, -0.2) is 40.9 Å². The number of carbonyl (C=O) groups excluding carboxylic acids is 2. The molecule has 0 aliphatic carbocycles. The third-order valence-electron chi connectivity index (χ3n) is 6.71. The van der Waals surface area contributed by atoms with E-state index in [0.717, 1.165) is 27.6 Å². The summed E-state index contributed by atoms with van der Waals surface area (Å²) in [6.07, 6.45) is 9.06. The number of aromatic nitrogens is 6. The highest BCUT2D eigenvalue weighted by molar-refractivity contribution is 7.10. The minimum atomic E-state index is -0.321. The second-order valence-corrected chi connectivity index (χ2v) is 11.8. The summed E-state index contributed by atoms with van der Waals surface area (Å²) in [7, 11) is 0. The first-order valence-electron chi connectivity index (χ1n) is 14.0. The second kappa shape index (κ2) is 13.8. The predicted octanol–water partition coefficient (Wildman–Crippen LogP) is 8.70. The van der Waals surface area contributed by atoms with Gasteiger partial charge < -0.3 is 5.32 Å². The van der Waals surface area contributed by atoms with Gasteiger partial charge in [-0.2, -0.15) is 14.9 Å². The largest absolute Gasteiger partial charge is 0.346 e. The highest BCUT2D eigenvalue weighted by atomic mass is 35.5. The van der Waals surface area contributed by atoms with Crippen molar-refractivity contribution in [2.75, 3.05) is 5.32 Å². The van der Waals surface area contributed by atoms with Gasteiger partial charge in [-0.15, -0.1) is 11.3 Å². The molecule has 0 saturated heterocycles. The first kappa shape index (κ1) is 30.7. The Morgan fingerprint density at radius 3 is 2.26 bits per heavy atom. The molecule has 1 N–H and O–H groups in total. The van der Waals surface area contributed by atoms with Crippen molar-refractivity contribution in [2.45, 2.75) is 6.92 Å². The van der Waals surface area contributed by atoms with Gasteiger partial charge in [0.25, 0.3) is 5.91 Å². The number of nitrogens with zero attached hydrogens (tertiary/aromatic N) is 6. The van der Waals surface area contributed by atoms with E-state index in [2.05, 4.69) is 20.5 Å². The van der Waals surface area contributed by atoms with Crippen molar-refractivity contribution in [1.29, 1.82) is 0 Å². The molecule has 7 rings (SSSR count). The van der Waals surface area contributed by atoms with Gasteiger partial charge in [0.05, 0.1) is 17.1 Å². The van der Waals surface area contributed by atoms with Crippen LogP contribution in [0.25, 0.3) is 29.2 Å². The van der Waals surface area contributed by atoms with E-state index in [0.29, 0.717) is 27.0 Å². The quantitative estimate of drug-likeness (QED) is 0.198. The number of fused-ring (bicyclic) bond motifs is 1. The van der Waals surface area contributed by atoms with Crippen LogP contribution in [0, 0.1) is 6.92 Å². The van der Waals surface area contributed by atoms with Crippen LogP contribution < -0.4 is 5.32 Å². The SMILES string of the molecule is Cc1nc2ccccn2c1-c1ccn(C(=O)c2ccc(Cl)cc2)n1.O=C(Nc1ccc(Cl)cc1)n1ccc(C=Cc2cccs2)n1. The molecule has 0 bridgehead atoms. The summed E-state index contributed by atoms with van der Waals surface area (Å²) in [5, 5.41) is 14.6. The van der Waals surface area contributed by atoms with E-state index in [1.165, 1.54) is 9.36 Å². The molecule has 228 valence electrons. The number of rotatable bonds is 5. The number of thiophene rings is 1. The summed E-state index contributed by atoms with van der Waals surface area (Å²) in [5.41, 5.74) is 5.22. The molecule has 0 spiro atoms. The number of aryl methyl sites for hydroxylation is 1. The molecule has 0 fully saturated rings. The van der Waals surface area contributed by atoms with Crippen molar-refractivity contribution in [1.82, 2.24) is 28.9 Å². The van der Waals surface area contributed by atoms with E-state index in [1.54, 1.807) is 78.3 Å². The van der Waals surface area contributed by atoms with Gasteiger partial charge >= 0.3 is 6.03 Å². The smallest absolute Gasteiger partial charge is 0.306 e. The first-order chi connectivity index (χ1) is 22.3. The summed E-state index contributed by atoms with van der Waals surface area (Å²) < 4.78 is 4.57. The maximum absolute atomic E-state index is 12.5. The fourth-order valence-corrected chi connectivity index (χ4v) is 5.39. The van der Waals surface area contributed by atoms with E-state index < -0.39 is 0 Å². The summed E-state index contributed by atoms with van der Waals surface area (Å²) in [5.74, 6) is -0.204. The molecule has 2 aromatic carbocycles. The number of anilines is 1. The normalized spacial score (nSPS) is 11.0. The lowest BCUT2D eigenvalue weighted by Crippen LogP contribution is -2.19. The Hall–Kier alpha value is -5.29. The second-order valence-electron chi connectivity index (χ2n) is 9.90. The number of hydrogen-bond donors (Lipinski definition) is 1. The Labute approximate surface area is 278 Å². The summed E-state index contributed by atoms with van der Waals surface area (Å²) in [4.78, 5) is 30.3. The van der Waals surface area contributed by atoms with Crippen LogP contribution in [0.5, 0.6) is 0 Å². The molecule has 0 atom stereocenters. The number of hydrogen-bond acceptors (Lipinski definition) is 6. The molecule has 5 aromatic heterocycles. The molecule has 0 saturated carbocycles. The van der Waals surface area contributed by atoms with E-state index in [9.17, 15) is 9.59 Å². The van der Waals surface area contributed by atoms with Crippen LogP contribution in [0.4, 0.5) is 10.5 Å². The zero-order valence-corrected chi connectivity index (χ0v) is 26.6. The molecule has 5 heterocycles. The van der Waals surface area contributed by atoms with E-state index in [1.807, 2.05) is 71.5 Å². The van der Waals surface area contributed by atoms with Crippen molar-refractivity contribution in [3.8, 4) is 11.4 Å². The highest BCUT2D eigenvalue weighted by Gasteiger charge is 2.16. The molecule has 0 aliphatic rings. The van der Waals surface area contributed by atoms with Gasteiger partial charge in [0.15, 0.2) is 0 Å². The Morgan fingerprint density at radius 2 is 1.52 bits per heavy atom. The van der Waals surface area contributed by atoms with Gasteiger partial charge in [0, 0.05) is 44.8 Å². The topological polar surface area (TPSA) is 99.1 Å². The fraction of sp³-hybridized carbons (Fsp3) is 0.0294. The molecule has 0 radical (unpaired) electrons. The van der Waals surface area contributed by atoms with Crippen LogP contribution in [0.15, 0.2) is 115 Å². The molecule has 46 heavy (non-hydrogen) atoms. The zero-order valence-electron chi connectivity index (χ0n) is 24.3.